The topological polar surface area (TPSA) is 118 Å². The second-order valence-electron chi connectivity index (χ2n) is 13.3. The Morgan fingerprint density at radius 3 is 2.60 bits per heavy atom. The second kappa shape index (κ2) is 11.8. The Morgan fingerprint density at radius 2 is 1.88 bits per heavy atom. The predicted molar refractivity (Wildman–Crippen MR) is 155 cm³/mol. The number of nitrogens with zero attached hydrogens (tertiary/aromatic N) is 2. The third-order valence-electron chi connectivity index (χ3n) is 9.21. The molecule has 4 atom stereocenters. The van der Waals surface area contributed by atoms with Gasteiger partial charge in [-0.15, -0.1) is 0 Å². The van der Waals surface area contributed by atoms with Crippen molar-refractivity contribution in [2.45, 2.75) is 94.5 Å². The maximum atomic E-state index is 14.0. The van der Waals surface area contributed by atoms with E-state index in [4.69, 9.17) is 18.9 Å². The van der Waals surface area contributed by atoms with E-state index in [0.717, 1.165) is 54.8 Å². The lowest BCUT2D eigenvalue weighted by Gasteiger charge is -2.40. The summed E-state index contributed by atoms with van der Waals surface area (Å²) in [5.41, 5.74) is -0.226. The lowest BCUT2D eigenvalue weighted by atomic mass is 9.77. The Balaban J connectivity index is 1.43. The van der Waals surface area contributed by atoms with E-state index in [2.05, 4.69) is 17.0 Å². The van der Waals surface area contributed by atoms with Gasteiger partial charge in [-0.3, -0.25) is 9.69 Å². The molecule has 2 N–H and O–H groups in total. The summed E-state index contributed by atoms with van der Waals surface area (Å²) in [6, 6.07) is 4.09. The van der Waals surface area contributed by atoms with Gasteiger partial charge in [0, 0.05) is 19.0 Å². The van der Waals surface area contributed by atoms with Crippen molar-refractivity contribution in [3.8, 4) is 11.5 Å². The molecule has 1 saturated heterocycles. The zero-order valence-corrected chi connectivity index (χ0v) is 25.6. The van der Waals surface area contributed by atoms with E-state index in [1.54, 1.807) is 13.8 Å². The third kappa shape index (κ3) is 6.18. The number of ether oxygens (including phenoxy) is 4. The maximum absolute atomic E-state index is 14.0. The van der Waals surface area contributed by atoms with Crippen LogP contribution in [0.3, 0.4) is 0 Å². The largest absolute Gasteiger partial charge is 0.464 e. The molecule has 0 amide bonds. The van der Waals surface area contributed by atoms with Crippen LogP contribution in [-0.4, -0.2) is 102 Å². The summed E-state index contributed by atoms with van der Waals surface area (Å²) in [5.74, 6) is -0.273. The van der Waals surface area contributed by atoms with Crippen molar-refractivity contribution in [2.75, 3.05) is 47.1 Å². The first-order valence-corrected chi connectivity index (χ1v) is 15.1. The number of hydrogen-bond acceptors (Lipinski definition) is 10. The molecule has 42 heavy (non-hydrogen) atoms. The number of rotatable bonds is 11. The van der Waals surface area contributed by atoms with E-state index < -0.39 is 35.7 Å². The van der Waals surface area contributed by atoms with Crippen molar-refractivity contribution in [2.24, 2.45) is 0 Å². The summed E-state index contributed by atoms with van der Waals surface area (Å²) in [5, 5.41) is 22.0. The molecule has 2 unspecified atom stereocenters. The highest BCUT2D eigenvalue weighted by atomic mass is 16.7. The Hall–Kier alpha value is -2.66. The highest BCUT2D eigenvalue weighted by Gasteiger charge is 2.57. The smallest absolute Gasteiger partial charge is 0.339 e. The molecule has 1 aromatic carbocycles. The number of carbonyl (C=O) groups excluding carboxylic acids is 2. The Kier molecular flexibility index (Phi) is 8.64. The molecule has 232 valence electrons. The lowest BCUT2D eigenvalue weighted by molar-refractivity contribution is -0.178. The monoisotopic (exact) mass is 586 g/mol. The zero-order chi connectivity index (χ0) is 30.3. The first-order chi connectivity index (χ1) is 19.8. The number of likely N-dealkylation sites (N-methyl/N-ethyl adjacent to an activating group) is 1. The quantitative estimate of drug-likeness (QED) is 0.296. The number of carbonyl (C=O) groups is 2. The average molecular weight is 587 g/mol. The van der Waals surface area contributed by atoms with Crippen molar-refractivity contribution < 1.29 is 38.7 Å². The SMILES string of the molecule is CC1=CC23CCCN2CCc2cc4c(cc2[C@@H]3C1OC(=O)[C@@](O)(CCCC(C)(C)O)CC(=O)OCCN(C)C)OCO4. The zero-order valence-electron chi connectivity index (χ0n) is 25.6. The Labute approximate surface area is 248 Å². The molecule has 0 saturated carbocycles. The molecule has 3 heterocycles. The van der Waals surface area contributed by atoms with Crippen LogP contribution >= 0.6 is 0 Å². The van der Waals surface area contributed by atoms with Gasteiger partial charge >= 0.3 is 11.9 Å². The van der Waals surface area contributed by atoms with Crippen molar-refractivity contribution in [1.29, 1.82) is 0 Å². The van der Waals surface area contributed by atoms with Gasteiger partial charge in [-0.1, -0.05) is 6.08 Å². The summed E-state index contributed by atoms with van der Waals surface area (Å²) >= 11 is 0. The van der Waals surface area contributed by atoms with E-state index in [1.807, 2.05) is 32.0 Å². The van der Waals surface area contributed by atoms with Crippen LogP contribution < -0.4 is 9.47 Å². The van der Waals surface area contributed by atoms with Crippen LogP contribution in [0.4, 0.5) is 0 Å². The van der Waals surface area contributed by atoms with Crippen molar-refractivity contribution in [3.63, 3.8) is 0 Å². The molecule has 1 aliphatic carbocycles. The van der Waals surface area contributed by atoms with Gasteiger partial charge in [0.2, 0.25) is 6.79 Å². The molecule has 1 fully saturated rings. The summed E-state index contributed by atoms with van der Waals surface area (Å²) < 4.78 is 23.0. The standard InChI is InChI=1S/C32H46N2O8/c1-21-18-31-10-7-12-34(31)13-8-22-16-24-25(41-20-40-24)17-23(22)27(31)28(21)42-29(36)32(38,11-6-9-30(2,3)37)19-26(35)39-15-14-33(4)5/h16-18,27-28,37-38H,6-15,19-20H2,1-5H3/t27-,28?,31?,32-/m1/s1. The van der Waals surface area contributed by atoms with Crippen molar-refractivity contribution in [1.82, 2.24) is 9.80 Å². The molecule has 10 nitrogen and oxygen atoms in total. The van der Waals surface area contributed by atoms with Gasteiger partial charge in [0.1, 0.15) is 12.7 Å². The van der Waals surface area contributed by atoms with Gasteiger partial charge in [-0.2, -0.15) is 0 Å². The second-order valence-corrected chi connectivity index (χ2v) is 13.3. The first kappa shape index (κ1) is 30.8. The molecule has 0 bridgehead atoms. The number of benzene rings is 1. The number of hydrogen-bond donors (Lipinski definition) is 2. The van der Waals surface area contributed by atoms with Crippen LogP contribution in [0, 0.1) is 0 Å². The predicted octanol–water partition coefficient (Wildman–Crippen LogP) is 2.93. The summed E-state index contributed by atoms with van der Waals surface area (Å²) in [6.07, 6.45) is 4.58. The van der Waals surface area contributed by atoms with E-state index in [0.29, 0.717) is 25.1 Å². The van der Waals surface area contributed by atoms with Crippen molar-refractivity contribution >= 4 is 11.9 Å². The molecule has 5 rings (SSSR count). The fraction of sp³-hybridized carbons (Fsp3) is 0.688. The fourth-order valence-electron chi connectivity index (χ4n) is 7.13. The van der Waals surface area contributed by atoms with E-state index in [9.17, 15) is 19.8 Å². The van der Waals surface area contributed by atoms with Crippen LogP contribution in [-0.2, 0) is 25.5 Å². The molecule has 4 aliphatic rings. The molecule has 1 aromatic rings. The number of aliphatic hydroxyl groups is 2. The maximum Gasteiger partial charge on any atom is 0.339 e. The van der Waals surface area contributed by atoms with Crippen LogP contribution in [0.5, 0.6) is 11.5 Å². The van der Waals surface area contributed by atoms with E-state index >= 15 is 0 Å². The summed E-state index contributed by atoms with van der Waals surface area (Å²) in [7, 11) is 3.74. The molecule has 3 aliphatic heterocycles. The third-order valence-corrected chi connectivity index (χ3v) is 9.21. The van der Waals surface area contributed by atoms with Crippen LogP contribution in [0.25, 0.3) is 0 Å². The Bertz CT molecular complexity index is 1220. The van der Waals surface area contributed by atoms with Crippen LogP contribution in [0.1, 0.15) is 76.3 Å². The molecule has 1 spiro atoms. The minimum Gasteiger partial charge on any atom is -0.464 e. The minimum atomic E-state index is -2.09. The molecule has 0 radical (unpaired) electrons. The average Bonchev–Trinajstić information content (AvgIpc) is 3.56. The first-order valence-electron chi connectivity index (χ1n) is 15.1. The van der Waals surface area contributed by atoms with Crippen LogP contribution in [0.15, 0.2) is 23.8 Å². The highest BCUT2D eigenvalue weighted by molar-refractivity contribution is 5.86. The van der Waals surface area contributed by atoms with Gasteiger partial charge in [0.05, 0.1) is 17.6 Å². The van der Waals surface area contributed by atoms with Gasteiger partial charge in [-0.25, -0.2) is 4.79 Å². The molecular formula is C32H46N2O8. The Morgan fingerprint density at radius 1 is 1.14 bits per heavy atom. The van der Waals surface area contributed by atoms with Gasteiger partial charge in [-0.05, 0) is 109 Å². The van der Waals surface area contributed by atoms with Crippen LogP contribution in [0.2, 0.25) is 0 Å². The molecule has 10 heteroatoms. The summed E-state index contributed by atoms with van der Waals surface area (Å²) in [4.78, 5) is 31.1. The molecule has 0 aromatic heterocycles. The normalized spacial score (nSPS) is 26.1. The van der Waals surface area contributed by atoms with Gasteiger partial charge < -0.3 is 34.1 Å². The fourth-order valence-corrected chi connectivity index (χ4v) is 7.13. The highest BCUT2D eigenvalue weighted by Crippen LogP contribution is 2.55. The van der Waals surface area contributed by atoms with Crippen molar-refractivity contribution in [3.05, 3.63) is 34.9 Å². The number of esters is 2. The van der Waals surface area contributed by atoms with Gasteiger partial charge in [0.25, 0.3) is 0 Å². The van der Waals surface area contributed by atoms with Gasteiger partial charge in [0.15, 0.2) is 17.1 Å². The summed E-state index contributed by atoms with van der Waals surface area (Å²) in [6.45, 7) is 8.03. The molecular weight excluding hydrogens is 540 g/mol. The number of fused-ring (bicyclic) bond motifs is 3. The lowest BCUT2D eigenvalue weighted by Crippen LogP contribution is -2.49. The minimum absolute atomic E-state index is 0.0364. The van der Waals surface area contributed by atoms with E-state index in [-0.39, 0.29) is 31.3 Å². The van der Waals surface area contributed by atoms with E-state index in [1.165, 1.54) is 0 Å².